The zero-order chi connectivity index (χ0) is 21.8. The Morgan fingerprint density at radius 1 is 1.13 bits per heavy atom. The van der Waals surface area contributed by atoms with Crippen LogP contribution in [0.3, 0.4) is 0 Å². The van der Waals surface area contributed by atoms with Crippen molar-refractivity contribution in [2.24, 2.45) is 0 Å². The monoisotopic (exact) mass is 417 g/mol. The fourth-order valence-electron chi connectivity index (χ4n) is 3.60. The van der Waals surface area contributed by atoms with Gasteiger partial charge >= 0.3 is 6.09 Å². The van der Waals surface area contributed by atoms with E-state index in [0.29, 0.717) is 25.9 Å². The molecule has 0 aliphatic carbocycles. The smallest absolute Gasteiger partial charge is 0.408 e. The Labute approximate surface area is 179 Å². The average Bonchev–Trinajstić information content (AvgIpc) is 3.02. The molecule has 1 aromatic carbocycles. The van der Waals surface area contributed by atoms with E-state index in [1.165, 1.54) is 0 Å². The normalized spacial score (nSPS) is 17.5. The van der Waals surface area contributed by atoms with Crippen molar-refractivity contribution in [3.8, 4) is 0 Å². The molecule has 1 heterocycles. The number of carbonyl (C=O) groups is 3. The highest BCUT2D eigenvalue weighted by Gasteiger charge is 2.34. The Hall–Kier alpha value is -2.57. The van der Waals surface area contributed by atoms with Crippen LogP contribution >= 0.6 is 0 Å². The maximum Gasteiger partial charge on any atom is 0.408 e. The fraction of sp³-hybridized carbons (Fsp3) is 0.609. The summed E-state index contributed by atoms with van der Waals surface area (Å²) >= 11 is 0. The van der Waals surface area contributed by atoms with Gasteiger partial charge in [0.25, 0.3) is 0 Å². The van der Waals surface area contributed by atoms with Gasteiger partial charge in [-0.2, -0.15) is 0 Å². The quantitative estimate of drug-likeness (QED) is 0.603. The van der Waals surface area contributed by atoms with Crippen LogP contribution in [0.15, 0.2) is 30.3 Å². The van der Waals surface area contributed by atoms with Crippen molar-refractivity contribution >= 4 is 17.9 Å². The van der Waals surface area contributed by atoms with E-state index in [1.54, 1.807) is 4.90 Å². The van der Waals surface area contributed by atoms with E-state index < -0.39 is 18.2 Å². The van der Waals surface area contributed by atoms with Crippen LogP contribution in [0.2, 0.25) is 0 Å². The van der Waals surface area contributed by atoms with Gasteiger partial charge in [-0.25, -0.2) is 4.79 Å². The number of ether oxygens (including phenoxy) is 1. The first-order valence-corrected chi connectivity index (χ1v) is 11.1. The van der Waals surface area contributed by atoms with Crippen LogP contribution in [0.1, 0.15) is 64.4 Å². The van der Waals surface area contributed by atoms with E-state index in [0.717, 1.165) is 37.7 Å². The first-order chi connectivity index (χ1) is 14.6. The van der Waals surface area contributed by atoms with Crippen molar-refractivity contribution in [3.05, 3.63) is 35.9 Å². The highest BCUT2D eigenvalue weighted by molar-refractivity contribution is 5.91. The van der Waals surface area contributed by atoms with E-state index in [-0.39, 0.29) is 18.4 Å². The first-order valence-electron chi connectivity index (χ1n) is 11.1. The predicted octanol–water partition coefficient (Wildman–Crippen LogP) is 3.38. The van der Waals surface area contributed by atoms with Crippen molar-refractivity contribution < 1.29 is 19.1 Å². The number of hydrogen-bond donors (Lipinski definition) is 2. The Morgan fingerprint density at radius 2 is 1.90 bits per heavy atom. The lowest BCUT2D eigenvalue weighted by molar-refractivity contribution is -0.142. The van der Waals surface area contributed by atoms with E-state index in [1.807, 2.05) is 37.3 Å². The van der Waals surface area contributed by atoms with Gasteiger partial charge in [0.15, 0.2) is 0 Å². The van der Waals surface area contributed by atoms with Crippen LogP contribution in [0.4, 0.5) is 4.79 Å². The topological polar surface area (TPSA) is 87.7 Å². The lowest BCUT2D eigenvalue weighted by Crippen LogP contribution is -2.55. The van der Waals surface area contributed by atoms with Crippen LogP contribution in [-0.2, 0) is 20.9 Å². The Kier molecular flexibility index (Phi) is 10.2. The maximum atomic E-state index is 13.2. The molecule has 166 valence electrons. The minimum absolute atomic E-state index is 0.0970. The van der Waals surface area contributed by atoms with Gasteiger partial charge in [-0.3, -0.25) is 9.59 Å². The van der Waals surface area contributed by atoms with Gasteiger partial charge in [0, 0.05) is 13.1 Å². The lowest BCUT2D eigenvalue weighted by Gasteiger charge is -2.32. The van der Waals surface area contributed by atoms with E-state index in [4.69, 9.17) is 4.74 Å². The number of rotatable bonds is 9. The highest BCUT2D eigenvalue weighted by Crippen LogP contribution is 2.19. The molecule has 0 bridgehead atoms. The third-order valence-electron chi connectivity index (χ3n) is 5.38. The summed E-state index contributed by atoms with van der Waals surface area (Å²) < 4.78 is 5.26. The molecule has 30 heavy (non-hydrogen) atoms. The molecule has 1 unspecified atom stereocenters. The van der Waals surface area contributed by atoms with Gasteiger partial charge in [-0.1, -0.05) is 63.4 Å². The van der Waals surface area contributed by atoms with Gasteiger partial charge in [-0.15, -0.1) is 0 Å². The van der Waals surface area contributed by atoms with Crippen LogP contribution < -0.4 is 10.6 Å². The summed E-state index contributed by atoms with van der Waals surface area (Å²) in [5.74, 6) is -0.313. The predicted molar refractivity (Wildman–Crippen MR) is 116 cm³/mol. The van der Waals surface area contributed by atoms with Gasteiger partial charge < -0.3 is 20.3 Å². The molecule has 0 aromatic heterocycles. The van der Waals surface area contributed by atoms with Crippen LogP contribution in [-0.4, -0.2) is 48.0 Å². The van der Waals surface area contributed by atoms with Gasteiger partial charge in [0.2, 0.25) is 11.8 Å². The molecule has 2 N–H and O–H groups in total. The minimum Gasteiger partial charge on any atom is -0.445 e. The number of benzene rings is 1. The number of likely N-dealkylation sites (tertiary alicyclic amines) is 1. The Morgan fingerprint density at radius 3 is 2.60 bits per heavy atom. The van der Waals surface area contributed by atoms with Crippen molar-refractivity contribution in [2.75, 3.05) is 13.1 Å². The molecule has 0 spiro atoms. The molecular formula is C23H35N3O4. The van der Waals surface area contributed by atoms with E-state index in [9.17, 15) is 14.4 Å². The highest BCUT2D eigenvalue weighted by atomic mass is 16.5. The summed E-state index contributed by atoms with van der Waals surface area (Å²) in [6, 6.07) is 8.19. The summed E-state index contributed by atoms with van der Waals surface area (Å²) in [5.41, 5.74) is 0.878. The van der Waals surface area contributed by atoms with Crippen LogP contribution in [0, 0.1) is 0 Å². The number of nitrogens with one attached hydrogen (secondary N) is 2. The number of nitrogens with zero attached hydrogens (tertiary/aromatic N) is 1. The molecule has 2 rings (SSSR count). The largest absolute Gasteiger partial charge is 0.445 e. The summed E-state index contributed by atoms with van der Waals surface area (Å²) in [4.78, 5) is 39.8. The van der Waals surface area contributed by atoms with Crippen molar-refractivity contribution in [2.45, 2.75) is 77.5 Å². The molecule has 1 aromatic rings. The number of hydrogen-bond acceptors (Lipinski definition) is 4. The molecule has 2 atom stereocenters. The van der Waals surface area contributed by atoms with E-state index >= 15 is 0 Å². The summed E-state index contributed by atoms with van der Waals surface area (Å²) in [5, 5.41) is 5.64. The van der Waals surface area contributed by atoms with Gasteiger partial charge in [0.05, 0.1) is 0 Å². The summed E-state index contributed by atoms with van der Waals surface area (Å²) in [7, 11) is 0. The second-order valence-corrected chi connectivity index (χ2v) is 7.71. The molecule has 1 aliphatic heterocycles. The zero-order valence-corrected chi connectivity index (χ0v) is 18.2. The van der Waals surface area contributed by atoms with E-state index in [2.05, 4.69) is 17.6 Å². The van der Waals surface area contributed by atoms with Crippen molar-refractivity contribution in [1.29, 1.82) is 0 Å². The molecule has 1 saturated heterocycles. The molecule has 0 saturated carbocycles. The van der Waals surface area contributed by atoms with Crippen molar-refractivity contribution in [1.82, 2.24) is 15.5 Å². The fourth-order valence-corrected chi connectivity index (χ4v) is 3.60. The Bertz CT molecular complexity index is 680. The second kappa shape index (κ2) is 12.9. The van der Waals surface area contributed by atoms with Crippen LogP contribution in [0.5, 0.6) is 0 Å². The molecule has 7 heteroatoms. The number of unbranched alkanes of at least 4 members (excludes halogenated alkanes) is 1. The van der Waals surface area contributed by atoms with Crippen LogP contribution in [0.25, 0.3) is 0 Å². The molecule has 1 aliphatic rings. The maximum absolute atomic E-state index is 13.2. The number of alkyl carbamates (subject to hydrolysis) is 1. The molecule has 1 fully saturated rings. The number of amides is 3. The molecule has 0 radical (unpaired) electrons. The molecular weight excluding hydrogens is 382 g/mol. The lowest BCUT2D eigenvalue weighted by atomic mass is 10.1. The molecule has 3 amide bonds. The Balaban J connectivity index is 1.97. The third kappa shape index (κ3) is 7.35. The first kappa shape index (κ1) is 23.7. The summed E-state index contributed by atoms with van der Waals surface area (Å²) in [6.45, 7) is 5.21. The van der Waals surface area contributed by atoms with Crippen molar-refractivity contribution in [3.63, 3.8) is 0 Å². The molecule has 7 nitrogen and oxygen atoms in total. The van der Waals surface area contributed by atoms with Gasteiger partial charge in [0.1, 0.15) is 18.7 Å². The number of carbonyl (C=O) groups excluding carboxylic acids is 3. The average molecular weight is 418 g/mol. The standard InChI is InChI=1S/C23H35N3O4/c1-3-5-15-24-21(27)20-14-10-7-11-16-26(20)22(28)19(4-2)25-23(29)30-17-18-12-8-6-9-13-18/h6,8-9,12-13,19-20H,3-5,7,10-11,14-17H2,1-2H3,(H,24,27)(H,25,29)/t19-,20?/m0/s1. The SMILES string of the molecule is CCCCNC(=O)C1CCCCCN1C(=O)[C@H](CC)NC(=O)OCc1ccccc1. The van der Waals surface area contributed by atoms with Gasteiger partial charge in [-0.05, 0) is 31.2 Å². The summed E-state index contributed by atoms with van der Waals surface area (Å²) in [6.07, 6.45) is 5.14. The zero-order valence-electron chi connectivity index (χ0n) is 18.2. The second-order valence-electron chi connectivity index (χ2n) is 7.71. The minimum atomic E-state index is -0.711. The third-order valence-corrected chi connectivity index (χ3v) is 5.38.